The van der Waals surface area contributed by atoms with E-state index >= 15 is 0 Å². The van der Waals surface area contributed by atoms with E-state index in [1.54, 1.807) is 25.3 Å². The number of benzene rings is 2. The molecular formula is C17H15ClO5. The average molecular weight is 335 g/mol. The van der Waals surface area contributed by atoms with E-state index in [1.165, 1.54) is 14.2 Å². The van der Waals surface area contributed by atoms with E-state index in [1.807, 2.05) is 6.92 Å². The lowest BCUT2D eigenvalue weighted by atomic mass is 10.1. The van der Waals surface area contributed by atoms with Gasteiger partial charge in [0.05, 0.1) is 26.7 Å². The van der Waals surface area contributed by atoms with E-state index < -0.39 is 0 Å². The van der Waals surface area contributed by atoms with Crippen molar-refractivity contribution in [3.8, 4) is 17.2 Å². The van der Waals surface area contributed by atoms with Crippen LogP contribution in [0.2, 0.25) is 5.02 Å². The lowest BCUT2D eigenvalue weighted by Gasteiger charge is -2.12. The van der Waals surface area contributed by atoms with Gasteiger partial charge in [-0.3, -0.25) is 4.79 Å². The van der Waals surface area contributed by atoms with Gasteiger partial charge in [0.25, 0.3) is 0 Å². The normalized spacial score (nSPS) is 11.0. The monoisotopic (exact) mass is 334 g/mol. The standard InChI is InChI=1S/C17H15ClO5/c1-8-5-9(20-2)6-11-13(8)16(19)14-10(21-3)7-12(22-4)15(18)17(14)23-11/h5-7H,1-4H3. The second-order valence-electron chi connectivity index (χ2n) is 5.05. The van der Waals surface area contributed by atoms with Crippen molar-refractivity contribution in [2.45, 2.75) is 6.92 Å². The Morgan fingerprint density at radius 3 is 2.26 bits per heavy atom. The highest BCUT2D eigenvalue weighted by Crippen LogP contribution is 2.39. The molecule has 120 valence electrons. The molecule has 0 spiro atoms. The lowest BCUT2D eigenvalue weighted by Crippen LogP contribution is -2.07. The van der Waals surface area contributed by atoms with Gasteiger partial charge in [0, 0.05) is 12.1 Å². The second-order valence-corrected chi connectivity index (χ2v) is 5.43. The van der Waals surface area contributed by atoms with Crippen molar-refractivity contribution >= 4 is 33.5 Å². The molecule has 0 aliphatic rings. The molecule has 3 rings (SSSR count). The molecule has 6 heteroatoms. The summed E-state index contributed by atoms with van der Waals surface area (Å²) in [6.45, 7) is 1.82. The first-order valence-corrected chi connectivity index (χ1v) is 7.25. The molecule has 0 saturated heterocycles. The average Bonchev–Trinajstić information content (AvgIpc) is 2.55. The van der Waals surface area contributed by atoms with Crippen molar-refractivity contribution < 1.29 is 18.6 Å². The van der Waals surface area contributed by atoms with Gasteiger partial charge in [0.15, 0.2) is 5.58 Å². The third-order valence-electron chi connectivity index (χ3n) is 3.77. The third-order valence-corrected chi connectivity index (χ3v) is 4.12. The SMILES string of the molecule is COc1cc(C)c2c(=O)c3c(OC)cc(OC)c(Cl)c3oc2c1. The molecule has 0 fully saturated rings. The molecule has 5 nitrogen and oxygen atoms in total. The Morgan fingerprint density at radius 1 is 0.957 bits per heavy atom. The van der Waals surface area contributed by atoms with Crippen molar-refractivity contribution in [1.29, 1.82) is 0 Å². The highest BCUT2D eigenvalue weighted by molar-refractivity contribution is 6.36. The first kappa shape index (κ1) is 15.5. The van der Waals surface area contributed by atoms with Gasteiger partial charge in [0.2, 0.25) is 5.43 Å². The van der Waals surface area contributed by atoms with E-state index in [-0.39, 0.29) is 16.0 Å². The molecule has 0 radical (unpaired) electrons. The van der Waals surface area contributed by atoms with Crippen LogP contribution in [-0.4, -0.2) is 21.3 Å². The van der Waals surface area contributed by atoms with E-state index in [2.05, 4.69) is 0 Å². The fourth-order valence-corrected chi connectivity index (χ4v) is 2.92. The number of halogens is 1. The molecule has 0 aliphatic heterocycles. The zero-order valence-electron chi connectivity index (χ0n) is 13.2. The summed E-state index contributed by atoms with van der Waals surface area (Å²) >= 11 is 6.31. The summed E-state index contributed by atoms with van der Waals surface area (Å²) in [7, 11) is 4.52. The molecule has 1 aromatic heterocycles. The molecule has 0 unspecified atom stereocenters. The Bertz CT molecular complexity index is 975. The molecule has 0 aliphatic carbocycles. The highest BCUT2D eigenvalue weighted by atomic mass is 35.5. The minimum atomic E-state index is -0.206. The van der Waals surface area contributed by atoms with Crippen LogP contribution in [0.15, 0.2) is 27.4 Å². The zero-order chi connectivity index (χ0) is 16.7. The summed E-state index contributed by atoms with van der Waals surface area (Å²) in [6, 6.07) is 5.01. The summed E-state index contributed by atoms with van der Waals surface area (Å²) in [5.74, 6) is 1.33. The first-order chi connectivity index (χ1) is 11.0. The number of ether oxygens (including phenoxy) is 3. The zero-order valence-corrected chi connectivity index (χ0v) is 13.9. The molecule has 3 aromatic rings. The molecule has 0 atom stereocenters. The van der Waals surface area contributed by atoms with E-state index in [9.17, 15) is 4.79 Å². The molecule has 23 heavy (non-hydrogen) atoms. The fourth-order valence-electron chi connectivity index (χ4n) is 2.66. The third kappa shape index (κ3) is 2.28. The lowest BCUT2D eigenvalue weighted by molar-refractivity contribution is 0.396. The minimum absolute atomic E-state index is 0.206. The predicted octanol–water partition coefficient (Wildman–Crippen LogP) is 3.93. The van der Waals surface area contributed by atoms with Crippen molar-refractivity contribution in [2.75, 3.05) is 21.3 Å². The first-order valence-electron chi connectivity index (χ1n) is 6.87. The van der Waals surface area contributed by atoms with Crippen molar-refractivity contribution in [1.82, 2.24) is 0 Å². The van der Waals surface area contributed by atoms with Gasteiger partial charge in [-0.2, -0.15) is 0 Å². The Balaban J connectivity index is 2.58. The van der Waals surface area contributed by atoms with Crippen LogP contribution in [0, 0.1) is 6.92 Å². The van der Waals surface area contributed by atoms with Gasteiger partial charge >= 0.3 is 0 Å². The molecule has 2 aromatic carbocycles. The largest absolute Gasteiger partial charge is 0.497 e. The van der Waals surface area contributed by atoms with Crippen LogP contribution in [0.5, 0.6) is 17.2 Å². The molecule has 0 N–H and O–H groups in total. The fraction of sp³-hybridized carbons (Fsp3) is 0.235. The van der Waals surface area contributed by atoms with Gasteiger partial charge in [-0.05, 0) is 18.6 Å². The maximum Gasteiger partial charge on any atom is 0.204 e. The van der Waals surface area contributed by atoms with Gasteiger partial charge < -0.3 is 18.6 Å². The number of aryl methyl sites for hydroxylation is 1. The number of rotatable bonds is 3. The van der Waals surface area contributed by atoms with Crippen molar-refractivity contribution in [2.24, 2.45) is 0 Å². The quantitative estimate of drug-likeness (QED) is 0.679. The number of hydrogen-bond donors (Lipinski definition) is 0. The van der Waals surface area contributed by atoms with Crippen LogP contribution in [0.25, 0.3) is 21.9 Å². The van der Waals surface area contributed by atoms with Gasteiger partial charge in [-0.1, -0.05) is 11.6 Å². The number of methoxy groups -OCH3 is 3. The highest BCUT2D eigenvalue weighted by Gasteiger charge is 2.20. The summed E-state index contributed by atoms with van der Waals surface area (Å²) in [4.78, 5) is 13.0. The summed E-state index contributed by atoms with van der Waals surface area (Å²) in [5.41, 5.74) is 1.18. The molecular weight excluding hydrogens is 320 g/mol. The van der Waals surface area contributed by atoms with Crippen LogP contribution >= 0.6 is 11.6 Å². The topological polar surface area (TPSA) is 57.9 Å². The Morgan fingerprint density at radius 2 is 1.65 bits per heavy atom. The van der Waals surface area contributed by atoms with E-state index in [0.29, 0.717) is 33.6 Å². The minimum Gasteiger partial charge on any atom is -0.497 e. The van der Waals surface area contributed by atoms with Gasteiger partial charge in [-0.25, -0.2) is 0 Å². The van der Waals surface area contributed by atoms with Crippen molar-refractivity contribution in [3.63, 3.8) is 0 Å². The van der Waals surface area contributed by atoms with Crippen molar-refractivity contribution in [3.05, 3.63) is 39.0 Å². The summed E-state index contributed by atoms with van der Waals surface area (Å²) in [6.07, 6.45) is 0. The predicted molar refractivity (Wildman–Crippen MR) is 89.4 cm³/mol. The van der Waals surface area contributed by atoms with Gasteiger partial charge in [0.1, 0.15) is 33.2 Å². The smallest absolute Gasteiger partial charge is 0.204 e. The maximum atomic E-state index is 13.0. The molecule has 0 amide bonds. The Hall–Kier alpha value is -2.40. The maximum absolute atomic E-state index is 13.0. The van der Waals surface area contributed by atoms with Crippen LogP contribution in [0.1, 0.15) is 5.56 Å². The second kappa shape index (κ2) is 5.66. The van der Waals surface area contributed by atoms with Crippen LogP contribution < -0.4 is 19.6 Å². The molecule has 0 saturated carbocycles. The van der Waals surface area contributed by atoms with Crippen LogP contribution in [-0.2, 0) is 0 Å². The Kier molecular flexibility index (Phi) is 3.82. The number of hydrogen-bond acceptors (Lipinski definition) is 5. The van der Waals surface area contributed by atoms with E-state index in [4.69, 9.17) is 30.2 Å². The molecule has 0 bridgehead atoms. The number of fused-ring (bicyclic) bond motifs is 2. The van der Waals surface area contributed by atoms with Crippen LogP contribution in [0.3, 0.4) is 0 Å². The molecule has 1 heterocycles. The van der Waals surface area contributed by atoms with Crippen LogP contribution in [0.4, 0.5) is 0 Å². The Labute approximate surface area is 137 Å². The van der Waals surface area contributed by atoms with E-state index in [0.717, 1.165) is 5.56 Å². The summed E-state index contributed by atoms with van der Waals surface area (Å²) < 4.78 is 21.7. The summed E-state index contributed by atoms with van der Waals surface area (Å²) in [5, 5.41) is 0.986. The van der Waals surface area contributed by atoms with Gasteiger partial charge in [-0.15, -0.1) is 0 Å².